The Morgan fingerprint density at radius 1 is 0.906 bits per heavy atom. The number of aliphatic hydroxyl groups excluding tert-OH is 1. The predicted molar refractivity (Wildman–Crippen MR) is 125 cm³/mol. The van der Waals surface area contributed by atoms with E-state index in [9.17, 15) is 9.90 Å². The van der Waals surface area contributed by atoms with Gasteiger partial charge in [-0.2, -0.15) is 0 Å². The number of hydrogen-bond donors (Lipinski definition) is 3. The van der Waals surface area contributed by atoms with Crippen LogP contribution in [0.3, 0.4) is 0 Å². The topological polar surface area (TPSA) is 79.8 Å². The van der Waals surface area contributed by atoms with Crippen molar-refractivity contribution in [2.75, 3.05) is 20.8 Å². The molecule has 0 heterocycles. The van der Waals surface area contributed by atoms with Crippen LogP contribution in [-0.2, 0) is 13.0 Å². The van der Waals surface area contributed by atoms with Gasteiger partial charge in [0.2, 0.25) is 0 Å². The Morgan fingerprint density at radius 2 is 1.62 bits per heavy atom. The molecule has 0 spiro atoms. The van der Waals surface area contributed by atoms with Crippen molar-refractivity contribution in [2.45, 2.75) is 25.1 Å². The van der Waals surface area contributed by atoms with E-state index < -0.39 is 12.1 Å². The number of carbonyl (C=O) groups is 1. The van der Waals surface area contributed by atoms with Crippen molar-refractivity contribution in [3.63, 3.8) is 0 Å². The van der Waals surface area contributed by atoms with Gasteiger partial charge in [0.15, 0.2) is 0 Å². The van der Waals surface area contributed by atoms with Crippen LogP contribution in [0.1, 0.15) is 21.5 Å². The fourth-order valence-corrected chi connectivity index (χ4v) is 3.52. The summed E-state index contributed by atoms with van der Waals surface area (Å²) in [5.74, 6) is 1.00. The lowest BCUT2D eigenvalue weighted by atomic mass is 10.00. The zero-order valence-electron chi connectivity index (χ0n) is 18.5. The lowest BCUT2D eigenvalue weighted by Gasteiger charge is -2.25. The van der Waals surface area contributed by atoms with Gasteiger partial charge in [-0.05, 0) is 41.8 Å². The van der Waals surface area contributed by atoms with Crippen LogP contribution >= 0.6 is 0 Å². The molecule has 0 aliphatic rings. The summed E-state index contributed by atoms with van der Waals surface area (Å²) < 4.78 is 10.6. The Bertz CT molecular complexity index is 994. The Hall–Kier alpha value is -3.35. The van der Waals surface area contributed by atoms with Crippen molar-refractivity contribution >= 4 is 5.91 Å². The highest BCUT2D eigenvalue weighted by Crippen LogP contribution is 2.18. The van der Waals surface area contributed by atoms with Gasteiger partial charge in [-0.1, -0.05) is 54.6 Å². The van der Waals surface area contributed by atoms with Crippen molar-refractivity contribution in [1.29, 1.82) is 0 Å². The molecule has 6 nitrogen and oxygen atoms in total. The molecule has 0 radical (unpaired) electrons. The molecule has 1 amide bonds. The monoisotopic (exact) mass is 434 g/mol. The minimum atomic E-state index is -0.792. The number of nitrogens with one attached hydrogen (secondary N) is 2. The average molecular weight is 435 g/mol. The van der Waals surface area contributed by atoms with E-state index in [1.54, 1.807) is 25.3 Å². The number of aliphatic hydroxyl groups is 1. The molecule has 3 aromatic carbocycles. The van der Waals surface area contributed by atoms with E-state index in [4.69, 9.17) is 9.47 Å². The standard InChI is InChI=1S/C26H30N2O4/c1-31-21-12-8-11-20(15-21)17-27-18-24(29)23(16-19-9-4-3-5-10-19)28-26(30)22-13-6-7-14-25(22)32-2/h3-15,23-24,27,29H,16-18H2,1-2H3,(H,28,30)/t23-,24-/m0/s1. The Balaban J connectivity index is 1.67. The van der Waals surface area contributed by atoms with Gasteiger partial charge in [0, 0.05) is 13.1 Å². The Morgan fingerprint density at radius 3 is 2.38 bits per heavy atom. The van der Waals surface area contributed by atoms with Crippen LogP contribution in [0.15, 0.2) is 78.9 Å². The normalized spacial score (nSPS) is 12.6. The van der Waals surface area contributed by atoms with Crippen LogP contribution in [-0.4, -0.2) is 43.9 Å². The molecule has 0 aromatic heterocycles. The van der Waals surface area contributed by atoms with E-state index in [0.29, 0.717) is 30.8 Å². The van der Waals surface area contributed by atoms with Crippen molar-refractivity contribution in [3.05, 3.63) is 95.6 Å². The number of methoxy groups -OCH3 is 2. The third-order valence-corrected chi connectivity index (χ3v) is 5.25. The number of benzene rings is 3. The van der Waals surface area contributed by atoms with E-state index in [1.165, 1.54) is 7.11 Å². The summed E-state index contributed by atoms with van der Waals surface area (Å²) in [5, 5.41) is 17.2. The molecule has 0 bridgehead atoms. The Labute approximate surface area is 189 Å². The lowest BCUT2D eigenvalue weighted by molar-refractivity contribution is 0.0827. The predicted octanol–water partition coefficient (Wildman–Crippen LogP) is 3.20. The summed E-state index contributed by atoms with van der Waals surface area (Å²) in [6.07, 6.45) is -0.288. The third-order valence-electron chi connectivity index (χ3n) is 5.25. The fraction of sp³-hybridized carbons (Fsp3) is 0.269. The summed E-state index contributed by atoms with van der Waals surface area (Å²) in [6, 6.07) is 24.1. The molecule has 0 aliphatic heterocycles. The first-order valence-electron chi connectivity index (χ1n) is 10.6. The van der Waals surface area contributed by atoms with Gasteiger partial charge in [-0.25, -0.2) is 0 Å². The number of ether oxygens (including phenoxy) is 2. The van der Waals surface area contributed by atoms with Crippen LogP contribution < -0.4 is 20.1 Å². The number of para-hydroxylation sites is 1. The van der Waals surface area contributed by atoms with Gasteiger partial charge < -0.3 is 25.2 Å². The summed E-state index contributed by atoms with van der Waals surface area (Å²) in [6.45, 7) is 0.897. The van der Waals surface area contributed by atoms with E-state index in [0.717, 1.165) is 16.9 Å². The van der Waals surface area contributed by atoms with E-state index in [2.05, 4.69) is 10.6 Å². The number of rotatable bonds is 11. The number of hydrogen-bond acceptors (Lipinski definition) is 5. The third kappa shape index (κ3) is 6.57. The molecule has 6 heteroatoms. The highest BCUT2D eigenvalue weighted by molar-refractivity contribution is 5.97. The van der Waals surface area contributed by atoms with Gasteiger partial charge in [-0.3, -0.25) is 4.79 Å². The van der Waals surface area contributed by atoms with Gasteiger partial charge in [0.25, 0.3) is 5.91 Å². The van der Waals surface area contributed by atoms with E-state index in [1.807, 2.05) is 60.7 Å². The molecule has 0 saturated heterocycles. The van der Waals surface area contributed by atoms with Crippen LogP contribution in [0, 0.1) is 0 Å². The molecular weight excluding hydrogens is 404 g/mol. The molecule has 0 fully saturated rings. The summed E-state index contributed by atoms with van der Waals surface area (Å²) >= 11 is 0. The maximum Gasteiger partial charge on any atom is 0.255 e. The second-order valence-corrected chi connectivity index (χ2v) is 7.52. The molecule has 0 unspecified atom stereocenters. The van der Waals surface area contributed by atoms with Gasteiger partial charge in [0.1, 0.15) is 11.5 Å². The van der Waals surface area contributed by atoms with Crippen molar-refractivity contribution < 1.29 is 19.4 Å². The highest BCUT2D eigenvalue weighted by atomic mass is 16.5. The molecule has 32 heavy (non-hydrogen) atoms. The maximum atomic E-state index is 13.0. The van der Waals surface area contributed by atoms with E-state index >= 15 is 0 Å². The number of amides is 1. The van der Waals surface area contributed by atoms with Gasteiger partial charge >= 0.3 is 0 Å². The molecule has 2 atom stereocenters. The molecule has 3 aromatic rings. The van der Waals surface area contributed by atoms with E-state index in [-0.39, 0.29) is 5.91 Å². The van der Waals surface area contributed by atoms with Gasteiger partial charge in [-0.15, -0.1) is 0 Å². The second kappa shape index (κ2) is 11.9. The smallest absolute Gasteiger partial charge is 0.255 e. The first-order chi connectivity index (χ1) is 15.6. The molecule has 168 valence electrons. The van der Waals surface area contributed by atoms with Gasteiger partial charge in [0.05, 0.1) is 31.9 Å². The molecule has 0 saturated carbocycles. The average Bonchev–Trinajstić information content (AvgIpc) is 2.84. The second-order valence-electron chi connectivity index (χ2n) is 7.52. The largest absolute Gasteiger partial charge is 0.497 e. The van der Waals surface area contributed by atoms with Crippen molar-refractivity contribution in [1.82, 2.24) is 10.6 Å². The summed E-state index contributed by atoms with van der Waals surface area (Å²) in [7, 11) is 3.17. The Kier molecular flexibility index (Phi) is 8.66. The molecule has 3 rings (SSSR count). The molecule has 0 aliphatic carbocycles. The molecular formula is C26H30N2O4. The first-order valence-corrected chi connectivity index (χ1v) is 10.6. The lowest BCUT2D eigenvalue weighted by Crippen LogP contribution is -2.48. The van der Waals surface area contributed by atoms with Crippen LogP contribution in [0.2, 0.25) is 0 Å². The molecule has 3 N–H and O–H groups in total. The minimum Gasteiger partial charge on any atom is -0.497 e. The van der Waals surface area contributed by atoms with Crippen molar-refractivity contribution in [2.24, 2.45) is 0 Å². The quantitative estimate of drug-likeness (QED) is 0.432. The maximum absolute atomic E-state index is 13.0. The zero-order chi connectivity index (χ0) is 22.8. The summed E-state index contributed by atoms with van der Waals surface area (Å²) in [4.78, 5) is 13.0. The fourth-order valence-electron chi connectivity index (χ4n) is 3.52. The highest BCUT2D eigenvalue weighted by Gasteiger charge is 2.23. The summed E-state index contributed by atoms with van der Waals surface area (Å²) in [5.41, 5.74) is 2.52. The SMILES string of the molecule is COc1cccc(CNC[C@H](O)[C@H](Cc2ccccc2)NC(=O)c2ccccc2OC)c1. The minimum absolute atomic E-state index is 0.282. The van der Waals surface area contributed by atoms with Crippen molar-refractivity contribution in [3.8, 4) is 11.5 Å². The van der Waals surface area contributed by atoms with Crippen LogP contribution in [0.25, 0.3) is 0 Å². The van der Waals surface area contributed by atoms with Crippen LogP contribution in [0.4, 0.5) is 0 Å². The number of carbonyl (C=O) groups excluding carboxylic acids is 1. The first kappa shape index (κ1) is 23.3. The zero-order valence-corrected chi connectivity index (χ0v) is 18.5. The van der Waals surface area contributed by atoms with Crippen LogP contribution in [0.5, 0.6) is 11.5 Å².